The van der Waals surface area contributed by atoms with Gasteiger partial charge in [0, 0.05) is 17.5 Å². The highest BCUT2D eigenvalue weighted by molar-refractivity contribution is 6.09. The third-order valence-electron chi connectivity index (χ3n) is 4.64. The maximum atomic E-state index is 12.4. The number of esters is 1. The fraction of sp³-hybridized carbons (Fsp3) is 0.333. The fourth-order valence-electron chi connectivity index (χ4n) is 3.27. The highest BCUT2D eigenvalue weighted by atomic mass is 16.6. The molecule has 27 heavy (non-hydrogen) atoms. The van der Waals surface area contributed by atoms with Crippen molar-refractivity contribution < 1.29 is 28.9 Å². The van der Waals surface area contributed by atoms with Crippen molar-refractivity contribution >= 4 is 11.8 Å². The fourth-order valence-corrected chi connectivity index (χ4v) is 3.27. The molecule has 1 unspecified atom stereocenters. The Morgan fingerprint density at radius 2 is 1.89 bits per heavy atom. The molecule has 0 amide bonds. The van der Waals surface area contributed by atoms with Crippen molar-refractivity contribution in [3.05, 3.63) is 59.2 Å². The standard InChI is InChI=1S/C21H22O6/c1-3-26-20(23)21(24)16-10-11-17(25-2)19(15(16)9-12-18(21)22)27-13-14-7-5-4-6-8-14/h4-8,10-11,24H,3,9,12-13H2,1-2H3. The number of aliphatic hydroxyl groups is 1. The van der Waals surface area contributed by atoms with Crippen molar-refractivity contribution in [1.29, 1.82) is 0 Å². The number of carbonyl (C=O) groups is 2. The van der Waals surface area contributed by atoms with E-state index in [1.54, 1.807) is 13.0 Å². The van der Waals surface area contributed by atoms with Gasteiger partial charge in [-0.15, -0.1) is 0 Å². The second-order valence-corrected chi connectivity index (χ2v) is 6.25. The molecule has 1 atom stereocenters. The summed E-state index contributed by atoms with van der Waals surface area (Å²) >= 11 is 0. The van der Waals surface area contributed by atoms with Gasteiger partial charge in [-0.2, -0.15) is 0 Å². The zero-order chi connectivity index (χ0) is 19.4. The second-order valence-electron chi connectivity index (χ2n) is 6.25. The minimum Gasteiger partial charge on any atom is -0.493 e. The lowest BCUT2D eigenvalue weighted by molar-refractivity contribution is -0.172. The molecular formula is C21H22O6. The van der Waals surface area contributed by atoms with Gasteiger partial charge in [-0.05, 0) is 25.0 Å². The number of ketones is 1. The Balaban J connectivity index is 2.03. The van der Waals surface area contributed by atoms with Gasteiger partial charge in [0.15, 0.2) is 17.3 Å². The van der Waals surface area contributed by atoms with Crippen LogP contribution in [-0.2, 0) is 33.0 Å². The number of fused-ring (bicyclic) bond motifs is 1. The monoisotopic (exact) mass is 370 g/mol. The van der Waals surface area contributed by atoms with Crippen LogP contribution in [0.15, 0.2) is 42.5 Å². The number of hydrogen-bond acceptors (Lipinski definition) is 6. The molecule has 1 N–H and O–H groups in total. The minimum absolute atomic E-state index is 0.0111. The Bertz CT molecular complexity index is 845. The molecule has 3 rings (SSSR count). The predicted octanol–water partition coefficient (Wildman–Crippen LogP) is 2.54. The maximum absolute atomic E-state index is 12.4. The van der Waals surface area contributed by atoms with E-state index in [-0.39, 0.29) is 18.6 Å². The zero-order valence-corrected chi connectivity index (χ0v) is 15.4. The zero-order valence-electron chi connectivity index (χ0n) is 15.4. The summed E-state index contributed by atoms with van der Waals surface area (Å²) in [5.41, 5.74) is -0.577. The summed E-state index contributed by atoms with van der Waals surface area (Å²) in [7, 11) is 1.52. The lowest BCUT2D eigenvalue weighted by Crippen LogP contribution is -2.48. The minimum atomic E-state index is -2.32. The van der Waals surface area contributed by atoms with Crippen LogP contribution in [0.1, 0.15) is 30.0 Å². The third-order valence-corrected chi connectivity index (χ3v) is 4.64. The van der Waals surface area contributed by atoms with E-state index in [2.05, 4.69) is 0 Å². The van der Waals surface area contributed by atoms with E-state index in [1.165, 1.54) is 13.2 Å². The molecule has 2 aromatic rings. The molecule has 2 aromatic carbocycles. The topological polar surface area (TPSA) is 82.1 Å². The van der Waals surface area contributed by atoms with E-state index in [9.17, 15) is 14.7 Å². The summed E-state index contributed by atoms with van der Waals surface area (Å²) in [5, 5.41) is 10.9. The normalized spacial score (nSPS) is 18.6. The molecule has 142 valence electrons. The summed E-state index contributed by atoms with van der Waals surface area (Å²) in [6, 6.07) is 12.7. The van der Waals surface area contributed by atoms with E-state index in [0.29, 0.717) is 30.1 Å². The highest BCUT2D eigenvalue weighted by Crippen LogP contribution is 2.43. The molecule has 6 heteroatoms. The molecule has 0 aliphatic heterocycles. The first-order valence-corrected chi connectivity index (χ1v) is 8.82. The molecular weight excluding hydrogens is 348 g/mol. The molecule has 0 spiro atoms. The molecule has 1 aliphatic rings. The van der Waals surface area contributed by atoms with Crippen molar-refractivity contribution in [2.24, 2.45) is 0 Å². The molecule has 0 saturated heterocycles. The molecule has 0 radical (unpaired) electrons. The highest BCUT2D eigenvalue weighted by Gasteiger charge is 2.51. The summed E-state index contributed by atoms with van der Waals surface area (Å²) in [6.07, 6.45) is 0.356. The Morgan fingerprint density at radius 1 is 1.15 bits per heavy atom. The van der Waals surface area contributed by atoms with Gasteiger partial charge in [-0.1, -0.05) is 36.4 Å². The van der Waals surface area contributed by atoms with Gasteiger partial charge in [0.05, 0.1) is 13.7 Å². The summed E-state index contributed by atoms with van der Waals surface area (Å²) in [4.78, 5) is 24.8. The number of rotatable bonds is 6. The Hall–Kier alpha value is -2.86. The van der Waals surface area contributed by atoms with E-state index in [1.807, 2.05) is 30.3 Å². The molecule has 0 saturated carbocycles. The predicted molar refractivity (Wildman–Crippen MR) is 97.6 cm³/mol. The van der Waals surface area contributed by atoms with E-state index in [0.717, 1.165) is 5.56 Å². The van der Waals surface area contributed by atoms with E-state index < -0.39 is 17.4 Å². The van der Waals surface area contributed by atoms with E-state index in [4.69, 9.17) is 14.2 Å². The Labute approximate surface area is 157 Å². The first-order valence-electron chi connectivity index (χ1n) is 8.82. The van der Waals surface area contributed by atoms with Crippen LogP contribution < -0.4 is 9.47 Å². The van der Waals surface area contributed by atoms with E-state index >= 15 is 0 Å². The number of benzene rings is 2. The van der Waals surface area contributed by atoms with Gasteiger partial charge >= 0.3 is 5.97 Å². The van der Waals surface area contributed by atoms with Crippen LogP contribution in [0, 0.1) is 0 Å². The molecule has 1 aliphatic carbocycles. The summed E-state index contributed by atoms with van der Waals surface area (Å²) < 4.78 is 16.3. The smallest absolute Gasteiger partial charge is 0.350 e. The first-order chi connectivity index (χ1) is 13.0. The average molecular weight is 370 g/mol. The van der Waals surface area contributed by atoms with Crippen LogP contribution >= 0.6 is 0 Å². The van der Waals surface area contributed by atoms with Crippen molar-refractivity contribution in [3.8, 4) is 11.5 Å². The molecule has 0 bridgehead atoms. The molecule has 0 heterocycles. The van der Waals surface area contributed by atoms with Crippen LogP contribution in [0.3, 0.4) is 0 Å². The quantitative estimate of drug-likeness (QED) is 0.622. The summed E-state index contributed by atoms with van der Waals surface area (Å²) in [6.45, 7) is 1.98. The van der Waals surface area contributed by atoms with Crippen LogP contribution in [0.2, 0.25) is 0 Å². The number of ether oxygens (including phenoxy) is 3. The van der Waals surface area contributed by atoms with Crippen molar-refractivity contribution in [1.82, 2.24) is 0 Å². The Morgan fingerprint density at radius 3 is 2.56 bits per heavy atom. The van der Waals surface area contributed by atoms with Gasteiger partial charge in [-0.3, -0.25) is 4.79 Å². The Kier molecular flexibility index (Phi) is 5.46. The van der Waals surface area contributed by atoms with Crippen molar-refractivity contribution in [2.75, 3.05) is 13.7 Å². The summed E-state index contributed by atoms with van der Waals surface area (Å²) in [5.74, 6) is -0.637. The lowest BCUT2D eigenvalue weighted by Gasteiger charge is -2.32. The average Bonchev–Trinajstić information content (AvgIpc) is 2.69. The van der Waals surface area contributed by atoms with Crippen molar-refractivity contribution in [3.63, 3.8) is 0 Å². The van der Waals surface area contributed by atoms with Gasteiger partial charge in [-0.25, -0.2) is 4.79 Å². The number of methoxy groups -OCH3 is 1. The van der Waals surface area contributed by atoms with Crippen LogP contribution in [0.4, 0.5) is 0 Å². The van der Waals surface area contributed by atoms with Crippen LogP contribution in [0.5, 0.6) is 11.5 Å². The second kappa shape index (κ2) is 7.80. The maximum Gasteiger partial charge on any atom is 0.350 e. The third kappa shape index (κ3) is 3.40. The van der Waals surface area contributed by atoms with Gasteiger partial charge in [0.2, 0.25) is 5.60 Å². The molecule has 6 nitrogen and oxygen atoms in total. The van der Waals surface area contributed by atoms with Crippen molar-refractivity contribution in [2.45, 2.75) is 32.0 Å². The number of Topliss-reactive ketones (excluding diaryl/α,β-unsaturated/α-hetero) is 1. The van der Waals surface area contributed by atoms with Crippen LogP contribution in [-0.4, -0.2) is 30.6 Å². The lowest BCUT2D eigenvalue weighted by atomic mass is 9.77. The largest absolute Gasteiger partial charge is 0.493 e. The van der Waals surface area contributed by atoms with Gasteiger partial charge in [0.1, 0.15) is 6.61 Å². The first kappa shape index (κ1) is 18.9. The number of carbonyl (C=O) groups excluding carboxylic acids is 2. The van der Waals surface area contributed by atoms with Crippen LogP contribution in [0.25, 0.3) is 0 Å². The molecule has 0 aromatic heterocycles. The molecule has 0 fully saturated rings. The van der Waals surface area contributed by atoms with Gasteiger partial charge in [0.25, 0.3) is 0 Å². The number of hydrogen-bond donors (Lipinski definition) is 1. The SMILES string of the molecule is CCOC(=O)C1(O)C(=O)CCc2c1ccc(OC)c2OCc1ccccc1. The van der Waals surface area contributed by atoms with Gasteiger partial charge < -0.3 is 19.3 Å².